The lowest BCUT2D eigenvalue weighted by atomic mass is 10.3. The predicted octanol–water partition coefficient (Wildman–Crippen LogP) is 1.43. The first kappa shape index (κ1) is 12.5. The summed E-state index contributed by atoms with van der Waals surface area (Å²) in [4.78, 5) is 22.7. The van der Waals surface area contributed by atoms with Crippen molar-refractivity contribution in [2.24, 2.45) is 5.92 Å². The number of hydrogen-bond acceptors (Lipinski definition) is 2. The van der Waals surface area contributed by atoms with Crippen molar-refractivity contribution >= 4 is 17.5 Å². The molecule has 0 spiro atoms. The van der Waals surface area contributed by atoms with E-state index in [1.807, 2.05) is 0 Å². The molecule has 4 nitrogen and oxygen atoms in total. The number of carbonyl (C=O) groups excluding carboxylic acids is 2. The molecule has 0 atom stereocenters. The van der Waals surface area contributed by atoms with E-state index in [1.165, 1.54) is 6.07 Å². The van der Waals surface area contributed by atoms with Gasteiger partial charge in [0.25, 0.3) is 0 Å². The van der Waals surface area contributed by atoms with Gasteiger partial charge in [-0.25, -0.2) is 8.78 Å². The molecule has 0 saturated heterocycles. The number of hydrogen-bond donors (Lipinski definition) is 2. The zero-order valence-corrected chi connectivity index (χ0v) is 9.50. The van der Waals surface area contributed by atoms with Crippen LogP contribution >= 0.6 is 0 Å². The third-order valence-electron chi connectivity index (χ3n) is 2.60. The zero-order chi connectivity index (χ0) is 13.1. The minimum atomic E-state index is -0.850. The highest BCUT2D eigenvalue weighted by atomic mass is 19.1. The van der Waals surface area contributed by atoms with E-state index in [4.69, 9.17) is 0 Å². The Morgan fingerprint density at radius 1 is 1.22 bits per heavy atom. The first-order valence-corrected chi connectivity index (χ1v) is 5.59. The summed E-state index contributed by atoms with van der Waals surface area (Å²) in [5, 5.41) is 4.50. The van der Waals surface area contributed by atoms with Crippen molar-refractivity contribution in [2.45, 2.75) is 12.8 Å². The fraction of sp³-hybridized carbons (Fsp3) is 0.333. The summed E-state index contributed by atoms with van der Waals surface area (Å²) in [7, 11) is 0. The van der Waals surface area contributed by atoms with Crippen molar-refractivity contribution in [3.8, 4) is 0 Å². The number of nitrogens with one attached hydrogen (secondary N) is 2. The standard InChI is InChI=1S/C12H12F2N2O2/c13-8-2-1-3-9(14)11(8)16-10(17)6-15-12(18)7-4-5-7/h1-3,7H,4-6H2,(H,15,18)(H,16,17). The maximum absolute atomic E-state index is 13.2. The van der Waals surface area contributed by atoms with Crippen LogP contribution in [0.3, 0.4) is 0 Å². The van der Waals surface area contributed by atoms with Gasteiger partial charge >= 0.3 is 0 Å². The Bertz CT molecular complexity index is 467. The van der Waals surface area contributed by atoms with Crippen molar-refractivity contribution < 1.29 is 18.4 Å². The van der Waals surface area contributed by atoms with Crippen molar-refractivity contribution in [3.05, 3.63) is 29.8 Å². The average molecular weight is 254 g/mol. The van der Waals surface area contributed by atoms with Gasteiger partial charge in [0.1, 0.15) is 17.3 Å². The highest BCUT2D eigenvalue weighted by Gasteiger charge is 2.29. The molecule has 0 aromatic heterocycles. The Hall–Kier alpha value is -1.98. The lowest BCUT2D eigenvalue weighted by molar-refractivity contribution is -0.125. The second-order valence-corrected chi connectivity index (χ2v) is 4.14. The van der Waals surface area contributed by atoms with Crippen LogP contribution in [0, 0.1) is 17.6 Å². The molecule has 1 aliphatic carbocycles. The lowest BCUT2D eigenvalue weighted by Crippen LogP contribution is -2.34. The van der Waals surface area contributed by atoms with Crippen LogP contribution in [0.15, 0.2) is 18.2 Å². The molecular weight excluding hydrogens is 242 g/mol. The predicted molar refractivity (Wildman–Crippen MR) is 60.7 cm³/mol. The number of carbonyl (C=O) groups is 2. The highest BCUT2D eigenvalue weighted by molar-refractivity contribution is 5.95. The summed E-state index contributed by atoms with van der Waals surface area (Å²) in [6.45, 7) is -0.289. The summed E-state index contributed by atoms with van der Waals surface area (Å²) in [6.07, 6.45) is 1.66. The van der Waals surface area contributed by atoms with Gasteiger partial charge in [-0.05, 0) is 25.0 Å². The Morgan fingerprint density at radius 3 is 2.39 bits per heavy atom. The van der Waals surface area contributed by atoms with E-state index in [0.717, 1.165) is 25.0 Å². The number of para-hydroxylation sites is 1. The highest BCUT2D eigenvalue weighted by Crippen LogP contribution is 2.28. The minimum Gasteiger partial charge on any atom is -0.347 e. The lowest BCUT2D eigenvalue weighted by Gasteiger charge is -2.08. The minimum absolute atomic E-state index is 0.0111. The average Bonchev–Trinajstić information content (AvgIpc) is 3.15. The van der Waals surface area contributed by atoms with Crippen molar-refractivity contribution in [1.29, 1.82) is 0 Å². The van der Waals surface area contributed by atoms with E-state index in [0.29, 0.717) is 0 Å². The zero-order valence-electron chi connectivity index (χ0n) is 9.50. The van der Waals surface area contributed by atoms with Gasteiger partial charge in [-0.2, -0.15) is 0 Å². The first-order chi connectivity index (χ1) is 8.58. The number of amides is 2. The molecule has 0 aliphatic heterocycles. The van der Waals surface area contributed by atoms with Crippen LogP contribution < -0.4 is 10.6 Å². The molecule has 1 saturated carbocycles. The Labute approximate surface area is 102 Å². The van der Waals surface area contributed by atoms with Crippen LogP contribution in [-0.4, -0.2) is 18.4 Å². The van der Waals surface area contributed by atoms with Gasteiger partial charge in [-0.3, -0.25) is 9.59 Å². The van der Waals surface area contributed by atoms with E-state index in [-0.39, 0.29) is 18.4 Å². The quantitative estimate of drug-likeness (QED) is 0.854. The van der Waals surface area contributed by atoms with Crippen LogP contribution in [0.2, 0.25) is 0 Å². The van der Waals surface area contributed by atoms with E-state index in [2.05, 4.69) is 10.6 Å². The third kappa shape index (κ3) is 3.03. The SMILES string of the molecule is O=C(CNC(=O)C1CC1)Nc1c(F)cccc1F. The molecule has 96 valence electrons. The van der Waals surface area contributed by atoms with Crippen LogP contribution in [0.25, 0.3) is 0 Å². The van der Waals surface area contributed by atoms with Crippen LogP contribution in [0.4, 0.5) is 14.5 Å². The number of rotatable bonds is 4. The molecule has 1 aliphatic rings. The van der Waals surface area contributed by atoms with Gasteiger partial charge in [-0.1, -0.05) is 6.07 Å². The van der Waals surface area contributed by atoms with Gasteiger partial charge in [0.15, 0.2) is 0 Å². The Balaban J connectivity index is 1.88. The molecule has 1 fully saturated rings. The van der Waals surface area contributed by atoms with Crippen LogP contribution in [0.1, 0.15) is 12.8 Å². The molecule has 0 unspecified atom stereocenters. The van der Waals surface area contributed by atoms with Crippen molar-refractivity contribution in [2.75, 3.05) is 11.9 Å². The Morgan fingerprint density at radius 2 is 1.83 bits per heavy atom. The van der Waals surface area contributed by atoms with E-state index < -0.39 is 23.2 Å². The summed E-state index contributed by atoms with van der Waals surface area (Å²) >= 11 is 0. The second-order valence-electron chi connectivity index (χ2n) is 4.14. The Kier molecular flexibility index (Phi) is 3.55. The molecule has 0 heterocycles. The first-order valence-electron chi connectivity index (χ1n) is 5.59. The fourth-order valence-electron chi connectivity index (χ4n) is 1.46. The topological polar surface area (TPSA) is 58.2 Å². The molecular formula is C12H12F2N2O2. The van der Waals surface area contributed by atoms with Gasteiger partial charge in [0.2, 0.25) is 11.8 Å². The van der Waals surface area contributed by atoms with Crippen LogP contribution in [-0.2, 0) is 9.59 Å². The molecule has 2 N–H and O–H groups in total. The molecule has 6 heteroatoms. The summed E-state index contributed by atoms with van der Waals surface area (Å²) in [5.74, 6) is -2.57. The maximum atomic E-state index is 13.2. The fourth-order valence-corrected chi connectivity index (χ4v) is 1.46. The molecule has 0 radical (unpaired) electrons. The summed E-state index contributed by atoms with van der Waals surface area (Å²) < 4.78 is 26.4. The van der Waals surface area contributed by atoms with E-state index >= 15 is 0 Å². The molecule has 2 rings (SSSR count). The number of benzene rings is 1. The molecule has 2 amide bonds. The van der Waals surface area contributed by atoms with Gasteiger partial charge < -0.3 is 10.6 Å². The van der Waals surface area contributed by atoms with Crippen molar-refractivity contribution in [3.63, 3.8) is 0 Å². The van der Waals surface area contributed by atoms with Gasteiger partial charge in [0.05, 0.1) is 6.54 Å². The summed E-state index contributed by atoms with van der Waals surface area (Å²) in [6, 6.07) is 3.29. The smallest absolute Gasteiger partial charge is 0.243 e. The van der Waals surface area contributed by atoms with Gasteiger partial charge in [-0.15, -0.1) is 0 Å². The number of anilines is 1. The molecule has 18 heavy (non-hydrogen) atoms. The monoisotopic (exact) mass is 254 g/mol. The summed E-state index contributed by atoms with van der Waals surface area (Å²) in [5.41, 5.74) is -0.497. The normalized spacial score (nSPS) is 14.1. The maximum Gasteiger partial charge on any atom is 0.243 e. The third-order valence-corrected chi connectivity index (χ3v) is 2.60. The second kappa shape index (κ2) is 5.12. The van der Waals surface area contributed by atoms with Crippen LogP contribution in [0.5, 0.6) is 0 Å². The van der Waals surface area contributed by atoms with Gasteiger partial charge in [0, 0.05) is 5.92 Å². The number of halogens is 2. The molecule has 0 bridgehead atoms. The van der Waals surface area contributed by atoms with E-state index in [9.17, 15) is 18.4 Å². The van der Waals surface area contributed by atoms with Crippen molar-refractivity contribution in [1.82, 2.24) is 5.32 Å². The molecule has 1 aromatic rings. The largest absolute Gasteiger partial charge is 0.347 e. The van der Waals surface area contributed by atoms with E-state index in [1.54, 1.807) is 0 Å². The molecule has 1 aromatic carbocycles.